The van der Waals surface area contributed by atoms with Crippen molar-refractivity contribution in [3.63, 3.8) is 0 Å². The van der Waals surface area contributed by atoms with Gasteiger partial charge in [-0.05, 0) is 58.8 Å². The molecular formula is C22H19BrFN3O6. The zero-order chi connectivity index (χ0) is 24.0. The molecule has 11 heteroatoms. The summed E-state index contributed by atoms with van der Waals surface area (Å²) in [7, 11) is 0. The first-order chi connectivity index (χ1) is 15.8. The maximum atomic E-state index is 13.7. The van der Waals surface area contributed by atoms with Gasteiger partial charge in [-0.25, -0.2) is 18.9 Å². The van der Waals surface area contributed by atoms with Gasteiger partial charge in [-0.2, -0.15) is 0 Å². The number of ether oxygens (including phenoxy) is 2. The number of benzene rings is 2. The fraction of sp³-hybridized carbons (Fsp3) is 0.182. The third kappa shape index (κ3) is 6.16. The average molecular weight is 520 g/mol. The normalized spacial score (nSPS) is 14.3. The number of nitrogens with one attached hydrogen (secondary N) is 2. The molecule has 4 amide bonds. The van der Waals surface area contributed by atoms with Gasteiger partial charge >= 0.3 is 12.0 Å². The van der Waals surface area contributed by atoms with Crippen molar-refractivity contribution < 1.29 is 33.0 Å². The smallest absolute Gasteiger partial charge is 0.344 e. The number of hydrogen-bond acceptors (Lipinski definition) is 6. The number of rotatable bonds is 8. The van der Waals surface area contributed by atoms with E-state index in [9.17, 15) is 23.6 Å². The molecule has 0 bridgehead atoms. The van der Waals surface area contributed by atoms with Gasteiger partial charge in [-0.1, -0.05) is 18.2 Å². The van der Waals surface area contributed by atoms with Crippen LogP contribution < -0.4 is 15.4 Å². The third-order valence-corrected chi connectivity index (χ3v) is 4.95. The predicted molar refractivity (Wildman–Crippen MR) is 120 cm³/mol. The van der Waals surface area contributed by atoms with Crippen LogP contribution in [0.2, 0.25) is 0 Å². The highest BCUT2D eigenvalue weighted by Crippen LogP contribution is 2.27. The van der Waals surface area contributed by atoms with Crippen molar-refractivity contribution in [2.45, 2.75) is 6.92 Å². The monoisotopic (exact) mass is 519 g/mol. The van der Waals surface area contributed by atoms with E-state index >= 15 is 0 Å². The van der Waals surface area contributed by atoms with Crippen LogP contribution in [0.1, 0.15) is 12.5 Å². The van der Waals surface area contributed by atoms with Crippen LogP contribution in [0.15, 0.2) is 52.6 Å². The Labute approximate surface area is 196 Å². The van der Waals surface area contributed by atoms with E-state index < -0.39 is 36.2 Å². The van der Waals surface area contributed by atoms with Gasteiger partial charge in [0.1, 0.15) is 23.8 Å². The molecule has 1 saturated heterocycles. The average Bonchev–Trinajstić information content (AvgIpc) is 3.02. The van der Waals surface area contributed by atoms with Crippen molar-refractivity contribution in [2.75, 3.05) is 25.1 Å². The van der Waals surface area contributed by atoms with Crippen molar-refractivity contribution in [1.29, 1.82) is 0 Å². The molecule has 0 spiro atoms. The van der Waals surface area contributed by atoms with E-state index in [1.165, 1.54) is 24.3 Å². The number of anilines is 1. The number of hydrogen-bond donors (Lipinski definition) is 2. The van der Waals surface area contributed by atoms with Gasteiger partial charge in [0.15, 0.2) is 6.61 Å². The molecule has 172 valence electrons. The van der Waals surface area contributed by atoms with Crippen LogP contribution in [0.4, 0.5) is 14.9 Å². The van der Waals surface area contributed by atoms with Gasteiger partial charge in [0.2, 0.25) is 5.91 Å². The van der Waals surface area contributed by atoms with E-state index in [1.807, 2.05) is 0 Å². The summed E-state index contributed by atoms with van der Waals surface area (Å²) in [5.41, 5.74) is 0.456. The number of nitrogens with zero attached hydrogens (tertiary/aromatic N) is 1. The second-order valence-electron chi connectivity index (χ2n) is 6.69. The molecule has 2 N–H and O–H groups in total. The Morgan fingerprint density at radius 3 is 2.67 bits per heavy atom. The molecule has 0 atom stereocenters. The molecule has 33 heavy (non-hydrogen) atoms. The molecule has 3 rings (SSSR count). The molecule has 1 heterocycles. The minimum absolute atomic E-state index is 0.0363. The highest BCUT2D eigenvalue weighted by Gasteiger charge is 2.35. The molecule has 2 aromatic carbocycles. The summed E-state index contributed by atoms with van der Waals surface area (Å²) in [4.78, 5) is 49.1. The molecule has 2 aromatic rings. The van der Waals surface area contributed by atoms with Crippen molar-refractivity contribution in [3.8, 4) is 5.75 Å². The van der Waals surface area contributed by atoms with Gasteiger partial charge in [-0.3, -0.25) is 9.59 Å². The Bertz CT molecular complexity index is 1140. The molecule has 0 saturated carbocycles. The van der Waals surface area contributed by atoms with Crippen molar-refractivity contribution >= 4 is 51.5 Å². The summed E-state index contributed by atoms with van der Waals surface area (Å²) >= 11 is 3.32. The summed E-state index contributed by atoms with van der Waals surface area (Å²) in [5.74, 6) is -2.19. The minimum atomic E-state index is -0.775. The SMILES string of the molecule is CCOC(=O)COc1ccc(/C=C2/NC(=O)N(CC(=O)Nc3ccccc3F)C2=O)cc1Br. The molecule has 1 aliphatic heterocycles. The van der Waals surface area contributed by atoms with Crippen LogP contribution >= 0.6 is 15.9 Å². The molecule has 0 unspecified atom stereocenters. The topological polar surface area (TPSA) is 114 Å². The Hall–Kier alpha value is -3.73. The second-order valence-corrected chi connectivity index (χ2v) is 7.55. The highest BCUT2D eigenvalue weighted by molar-refractivity contribution is 9.10. The number of esters is 1. The second kappa shape index (κ2) is 10.7. The number of halogens is 2. The first-order valence-electron chi connectivity index (χ1n) is 9.75. The molecule has 9 nitrogen and oxygen atoms in total. The molecule has 0 aromatic heterocycles. The Balaban J connectivity index is 1.65. The van der Waals surface area contributed by atoms with E-state index in [1.54, 1.807) is 31.2 Å². The van der Waals surface area contributed by atoms with Crippen molar-refractivity contribution in [1.82, 2.24) is 10.2 Å². The van der Waals surface area contributed by atoms with Gasteiger partial charge < -0.3 is 20.1 Å². The number of amides is 4. The van der Waals surface area contributed by atoms with Crippen LogP contribution in [0, 0.1) is 5.82 Å². The van der Waals surface area contributed by atoms with Gasteiger partial charge in [-0.15, -0.1) is 0 Å². The van der Waals surface area contributed by atoms with E-state index in [4.69, 9.17) is 9.47 Å². The lowest BCUT2D eigenvalue weighted by Crippen LogP contribution is -2.38. The summed E-state index contributed by atoms with van der Waals surface area (Å²) in [6.07, 6.45) is 1.43. The maximum absolute atomic E-state index is 13.7. The minimum Gasteiger partial charge on any atom is -0.481 e. The predicted octanol–water partition coefficient (Wildman–Crippen LogP) is 3.06. The lowest BCUT2D eigenvalue weighted by atomic mass is 10.2. The first kappa shape index (κ1) is 23.9. The number of carbonyl (C=O) groups excluding carboxylic acids is 4. The number of imide groups is 1. The number of urea groups is 1. The van der Waals surface area contributed by atoms with Gasteiger partial charge in [0, 0.05) is 0 Å². The summed E-state index contributed by atoms with van der Waals surface area (Å²) in [6.45, 7) is 1.10. The van der Waals surface area contributed by atoms with Crippen LogP contribution in [-0.2, 0) is 19.1 Å². The third-order valence-electron chi connectivity index (χ3n) is 4.33. The fourth-order valence-electron chi connectivity index (χ4n) is 2.84. The van der Waals surface area contributed by atoms with Crippen LogP contribution in [0.5, 0.6) is 5.75 Å². The zero-order valence-corrected chi connectivity index (χ0v) is 19.0. The number of carbonyl (C=O) groups is 4. The fourth-order valence-corrected chi connectivity index (χ4v) is 3.35. The number of para-hydroxylation sites is 1. The van der Waals surface area contributed by atoms with Gasteiger partial charge in [0.05, 0.1) is 16.8 Å². The van der Waals surface area contributed by atoms with Crippen molar-refractivity contribution in [3.05, 3.63) is 64.0 Å². The molecule has 0 radical (unpaired) electrons. The quantitative estimate of drug-likeness (QED) is 0.314. The van der Waals surface area contributed by atoms with Crippen LogP contribution in [-0.4, -0.2) is 48.5 Å². The van der Waals surface area contributed by atoms with Crippen LogP contribution in [0.25, 0.3) is 6.08 Å². The van der Waals surface area contributed by atoms with Crippen molar-refractivity contribution in [2.24, 2.45) is 0 Å². The van der Waals surface area contributed by atoms with E-state index in [2.05, 4.69) is 26.6 Å². The zero-order valence-electron chi connectivity index (χ0n) is 17.4. The lowest BCUT2D eigenvalue weighted by Gasteiger charge is -2.12. The molecular weight excluding hydrogens is 501 g/mol. The van der Waals surface area contributed by atoms with Gasteiger partial charge in [0.25, 0.3) is 5.91 Å². The summed E-state index contributed by atoms with van der Waals surface area (Å²) < 4.78 is 24.4. The Morgan fingerprint density at radius 1 is 1.21 bits per heavy atom. The molecule has 1 aliphatic rings. The first-order valence-corrected chi connectivity index (χ1v) is 10.5. The molecule has 0 aliphatic carbocycles. The summed E-state index contributed by atoms with van der Waals surface area (Å²) in [6, 6.07) is 9.60. The van der Waals surface area contributed by atoms with E-state index in [0.29, 0.717) is 20.7 Å². The maximum Gasteiger partial charge on any atom is 0.344 e. The lowest BCUT2D eigenvalue weighted by molar-refractivity contribution is -0.145. The van der Waals surface area contributed by atoms with E-state index in [0.717, 1.165) is 0 Å². The highest BCUT2D eigenvalue weighted by atomic mass is 79.9. The van der Waals surface area contributed by atoms with E-state index in [-0.39, 0.29) is 24.6 Å². The summed E-state index contributed by atoms with van der Waals surface area (Å²) in [5, 5.41) is 4.73. The standard InChI is InChI=1S/C22H19BrFN3O6/c1-2-32-20(29)12-33-18-8-7-13(9-14(18)23)10-17-21(30)27(22(31)26-17)11-19(28)25-16-6-4-3-5-15(16)24/h3-10H,2,11-12H2,1H3,(H,25,28)(H,26,31)/b17-10+. The Kier molecular flexibility index (Phi) is 7.78. The van der Waals surface area contributed by atoms with Crippen LogP contribution in [0.3, 0.4) is 0 Å². The Morgan fingerprint density at radius 2 is 1.97 bits per heavy atom. The largest absolute Gasteiger partial charge is 0.481 e. The molecule has 1 fully saturated rings.